The SMILES string of the molecule is O=C(NCC1(c2ccccc2)CCCCC1)Nc1cccc(Cl)c1Cl. The molecule has 132 valence electrons. The van der Waals surface area contributed by atoms with Gasteiger partial charge in [-0.15, -0.1) is 0 Å². The highest BCUT2D eigenvalue weighted by Gasteiger charge is 2.34. The third-order valence-corrected chi connectivity index (χ3v) is 5.80. The molecule has 3 rings (SSSR count). The monoisotopic (exact) mass is 376 g/mol. The number of nitrogens with one attached hydrogen (secondary N) is 2. The summed E-state index contributed by atoms with van der Waals surface area (Å²) in [7, 11) is 0. The van der Waals surface area contributed by atoms with E-state index in [4.69, 9.17) is 23.2 Å². The molecule has 3 nitrogen and oxygen atoms in total. The Morgan fingerprint density at radius 1 is 0.960 bits per heavy atom. The van der Waals surface area contributed by atoms with Gasteiger partial charge in [-0.05, 0) is 30.5 Å². The summed E-state index contributed by atoms with van der Waals surface area (Å²) in [6, 6.07) is 15.4. The van der Waals surface area contributed by atoms with Gasteiger partial charge in [0.15, 0.2) is 0 Å². The van der Waals surface area contributed by atoms with E-state index in [9.17, 15) is 4.79 Å². The predicted octanol–water partition coefficient (Wildman–Crippen LogP) is 6.02. The number of hydrogen-bond donors (Lipinski definition) is 2. The molecular weight excluding hydrogens is 355 g/mol. The quantitative estimate of drug-likeness (QED) is 0.672. The second-order valence-electron chi connectivity index (χ2n) is 6.62. The van der Waals surface area contributed by atoms with Crippen molar-refractivity contribution in [1.29, 1.82) is 0 Å². The fourth-order valence-electron chi connectivity index (χ4n) is 3.60. The van der Waals surface area contributed by atoms with E-state index >= 15 is 0 Å². The average Bonchev–Trinajstić information content (AvgIpc) is 2.65. The minimum absolute atomic E-state index is 0.00891. The van der Waals surface area contributed by atoms with E-state index in [2.05, 4.69) is 34.9 Å². The highest BCUT2D eigenvalue weighted by molar-refractivity contribution is 6.43. The molecule has 5 heteroatoms. The molecule has 0 saturated heterocycles. The van der Waals surface area contributed by atoms with Crippen molar-refractivity contribution in [2.24, 2.45) is 0 Å². The first-order chi connectivity index (χ1) is 12.1. The second-order valence-corrected chi connectivity index (χ2v) is 7.40. The van der Waals surface area contributed by atoms with E-state index in [1.807, 2.05) is 6.07 Å². The van der Waals surface area contributed by atoms with Crippen molar-refractivity contribution in [1.82, 2.24) is 5.32 Å². The molecule has 0 aliphatic heterocycles. The first-order valence-electron chi connectivity index (χ1n) is 8.65. The molecule has 25 heavy (non-hydrogen) atoms. The zero-order chi connectivity index (χ0) is 17.7. The van der Waals surface area contributed by atoms with Crippen LogP contribution in [-0.2, 0) is 5.41 Å². The minimum atomic E-state index is -0.259. The van der Waals surface area contributed by atoms with E-state index in [1.54, 1.807) is 18.2 Å². The molecular formula is C20H22Cl2N2O. The summed E-state index contributed by atoms with van der Waals surface area (Å²) in [6.07, 6.45) is 5.83. The lowest BCUT2D eigenvalue weighted by atomic mass is 9.69. The summed E-state index contributed by atoms with van der Waals surface area (Å²) in [6.45, 7) is 0.612. The number of rotatable bonds is 4. The lowest BCUT2D eigenvalue weighted by molar-refractivity contribution is 0.240. The van der Waals surface area contributed by atoms with Gasteiger partial charge in [0.2, 0.25) is 0 Å². The fourth-order valence-corrected chi connectivity index (χ4v) is 3.95. The highest BCUT2D eigenvalue weighted by atomic mass is 35.5. The largest absolute Gasteiger partial charge is 0.337 e. The fraction of sp³-hybridized carbons (Fsp3) is 0.350. The maximum absolute atomic E-state index is 12.4. The molecule has 0 radical (unpaired) electrons. The zero-order valence-electron chi connectivity index (χ0n) is 14.0. The van der Waals surface area contributed by atoms with Gasteiger partial charge in [-0.3, -0.25) is 0 Å². The van der Waals surface area contributed by atoms with Crippen LogP contribution in [0.1, 0.15) is 37.7 Å². The number of urea groups is 1. The van der Waals surface area contributed by atoms with Crippen molar-refractivity contribution in [3.05, 3.63) is 64.1 Å². The predicted molar refractivity (Wildman–Crippen MR) is 105 cm³/mol. The smallest absolute Gasteiger partial charge is 0.319 e. The van der Waals surface area contributed by atoms with Crippen LogP contribution in [0.25, 0.3) is 0 Å². The number of anilines is 1. The van der Waals surface area contributed by atoms with Gasteiger partial charge in [-0.1, -0.05) is 78.9 Å². The normalized spacial score (nSPS) is 16.2. The summed E-state index contributed by atoms with van der Waals surface area (Å²) in [5.41, 5.74) is 1.83. The van der Waals surface area contributed by atoms with E-state index in [0.717, 1.165) is 12.8 Å². The molecule has 1 aliphatic carbocycles. The first kappa shape index (κ1) is 18.1. The van der Waals surface area contributed by atoms with Crippen LogP contribution < -0.4 is 10.6 Å². The number of hydrogen-bond acceptors (Lipinski definition) is 1. The van der Waals surface area contributed by atoms with E-state index in [0.29, 0.717) is 22.3 Å². The molecule has 2 N–H and O–H groups in total. The van der Waals surface area contributed by atoms with Crippen LogP contribution in [0.5, 0.6) is 0 Å². The van der Waals surface area contributed by atoms with Gasteiger partial charge in [0.25, 0.3) is 0 Å². The minimum Gasteiger partial charge on any atom is -0.337 e. The molecule has 1 fully saturated rings. The van der Waals surface area contributed by atoms with Gasteiger partial charge in [0, 0.05) is 12.0 Å². The lowest BCUT2D eigenvalue weighted by Crippen LogP contribution is -2.43. The molecule has 0 atom stereocenters. The van der Waals surface area contributed by atoms with Crippen LogP contribution in [0.3, 0.4) is 0 Å². The van der Waals surface area contributed by atoms with Crippen LogP contribution in [0.15, 0.2) is 48.5 Å². The summed E-state index contributed by atoms with van der Waals surface area (Å²) in [5.74, 6) is 0. The maximum atomic E-state index is 12.4. The Hall–Kier alpha value is -1.71. The molecule has 2 amide bonds. The third kappa shape index (κ3) is 4.28. The van der Waals surface area contributed by atoms with Crippen LogP contribution in [0.2, 0.25) is 10.0 Å². The van der Waals surface area contributed by atoms with Gasteiger partial charge in [0.1, 0.15) is 0 Å². The Bertz CT molecular complexity index is 728. The Labute approximate surface area is 158 Å². The molecule has 0 heterocycles. The maximum Gasteiger partial charge on any atom is 0.319 e. The van der Waals surface area contributed by atoms with Crippen molar-refractivity contribution in [2.45, 2.75) is 37.5 Å². The van der Waals surface area contributed by atoms with E-state index in [1.165, 1.54) is 24.8 Å². The Morgan fingerprint density at radius 2 is 1.68 bits per heavy atom. The van der Waals surface area contributed by atoms with Crippen LogP contribution in [0, 0.1) is 0 Å². The van der Waals surface area contributed by atoms with Crippen LogP contribution >= 0.6 is 23.2 Å². The summed E-state index contributed by atoms with van der Waals surface area (Å²) in [4.78, 5) is 12.4. The average molecular weight is 377 g/mol. The van der Waals surface area contributed by atoms with Gasteiger partial charge >= 0.3 is 6.03 Å². The molecule has 0 spiro atoms. The van der Waals surface area contributed by atoms with Crippen LogP contribution in [-0.4, -0.2) is 12.6 Å². The van der Waals surface area contributed by atoms with Crippen molar-refractivity contribution in [2.75, 3.05) is 11.9 Å². The summed E-state index contributed by atoms with van der Waals surface area (Å²) >= 11 is 12.1. The van der Waals surface area contributed by atoms with Gasteiger partial charge in [-0.25, -0.2) is 4.79 Å². The highest BCUT2D eigenvalue weighted by Crippen LogP contribution is 2.39. The Morgan fingerprint density at radius 3 is 2.40 bits per heavy atom. The standard InChI is InChI=1S/C20H22Cl2N2O/c21-16-10-7-11-17(18(16)22)24-19(25)23-14-20(12-5-2-6-13-20)15-8-3-1-4-9-15/h1,3-4,7-11H,2,5-6,12-14H2,(H2,23,24,25). The van der Waals surface area contributed by atoms with Gasteiger partial charge < -0.3 is 10.6 Å². The van der Waals surface area contributed by atoms with Crippen LogP contribution in [0.4, 0.5) is 10.5 Å². The van der Waals surface area contributed by atoms with E-state index in [-0.39, 0.29) is 11.4 Å². The van der Waals surface area contributed by atoms with Crippen molar-refractivity contribution < 1.29 is 4.79 Å². The third-order valence-electron chi connectivity index (χ3n) is 4.98. The molecule has 0 bridgehead atoms. The van der Waals surface area contributed by atoms with Crippen molar-refractivity contribution in [3.63, 3.8) is 0 Å². The second kappa shape index (κ2) is 8.11. The lowest BCUT2D eigenvalue weighted by Gasteiger charge is -2.38. The Kier molecular flexibility index (Phi) is 5.87. The molecule has 1 aliphatic rings. The molecule has 1 saturated carbocycles. The number of carbonyl (C=O) groups is 1. The number of halogens is 2. The van der Waals surface area contributed by atoms with Crippen molar-refractivity contribution >= 4 is 34.9 Å². The van der Waals surface area contributed by atoms with E-state index < -0.39 is 0 Å². The Balaban J connectivity index is 1.69. The number of amides is 2. The first-order valence-corrected chi connectivity index (χ1v) is 9.41. The summed E-state index contributed by atoms with van der Waals surface area (Å²) in [5, 5.41) is 6.61. The molecule has 2 aromatic rings. The van der Waals surface area contributed by atoms with Gasteiger partial charge in [-0.2, -0.15) is 0 Å². The van der Waals surface area contributed by atoms with Gasteiger partial charge in [0.05, 0.1) is 15.7 Å². The molecule has 0 unspecified atom stereocenters. The summed E-state index contributed by atoms with van der Waals surface area (Å²) < 4.78 is 0. The molecule has 2 aromatic carbocycles. The van der Waals surface area contributed by atoms with Crippen molar-refractivity contribution in [3.8, 4) is 0 Å². The topological polar surface area (TPSA) is 41.1 Å². The molecule has 0 aromatic heterocycles. The number of carbonyl (C=O) groups excluding carboxylic acids is 1. The number of benzene rings is 2. The zero-order valence-corrected chi connectivity index (χ0v) is 15.5.